The average molecular weight is 597 g/mol. The van der Waals surface area contributed by atoms with Crippen molar-refractivity contribution < 1.29 is 9.15 Å². The molecule has 0 spiro atoms. The van der Waals surface area contributed by atoms with Crippen molar-refractivity contribution in [1.29, 1.82) is 0 Å². The lowest BCUT2D eigenvalue weighted by Gasteiger charge is -2.26. The maximum absolute atomic E-state index is 6.51. The normalized spacial score (nSPS) is 16.8. The van der Waals surface area contributed by atoms with Crippen molar-refractivity contribution in [3.8, 4) is 22.8 Å². The van der Waals surface area contributed by atoms with Crippen LogP contribution < -0.4 is 15.0 Å². The van der Waals surface area contributed by atoms with E-state index < -0.39 is 0 Å². The molecule has 1 N–H and O–H groups in total. The smallest absolute Gasteiger partial charge is 0.174 e. The highest BCUT2D eigenvalue weighted by Crippen LogP contribution is 2.44. The van der Waals surface area contributed by atoms with Gasteiger partial charge in [-0.3, -0.25) is 4.98 Å². The van der Waals surface area contributed by atoms with Crippen LogP contribution in [0.25, 0.3) is 11.3 Å². The quantitative estimate of drug-likeness (QED) is 0.198. The van der Waals surface area contributed by atoms with Gasteiger partial charge < -0.3 is 19.4 Å². The van der Waals surface area contributed by atoms with Crippen LogP contribution in [0.15, 0.2) is 112 Å². The molecule has 0 bridgehead atoms. The molecule has 3 aromatic carbocycles. The van der Waals surface area contributed by atoms with Crippen molar-refractivity contribution in [2.45, 2.75) is 25.9 Å². The molecule has 0 radical (unpaired) electrons. The second kappa shape index (κ2) is 10.7. The Morgan fingerprint density at radius 3 is 2.28 bits per heavy atom. The molecule has 1 aliphatic heterocycles. The van der Waals surface area contributed by atoms with E-state index in [0.717, 1.165) is 44.4 Å². The van der Waals surface area contributed by atoms with Crippen LogP contribution in [0.1, 0.15) is 34.7 Å². The van der Waals surface area contributed by atoms with Gasteiger partial charge in [0.2, 0.25) is 0 Å². The first-order chi connectivity index (χ1) is 19.0. The number of aryl methyl sites for hydroxylation is 2. The van der Waals surface area contributed by atoms with E-state index in [0.29, 0.717) is 5.11 Å². The first kappa shape index (κ1) is 25.3. The van der Waals surface area contributed by atoms with Gasteiger partial charge in [-0.2, -0.15) is 0 Å². The average Bonchev–Trinajstić information content (AvgIpc) is 3.55. The highest BCUT2D eigenvalue weighted by atomic mass is 79.9. The van der Waals surface area contributed by atoms with E-state index in [-0.39, 0.29) is 12.1 Å². The maximum Gasteiger partial charge on any atom is 0.174 e. The summed E-state index contributed by atoms with van der Waals surface area (Å²) in [6, 6.07) is 31.7. The van der Waals surface area contributed by atoms with Crippen LogP contribution >= 0.6 is 28.1 Å². The number of aromatic nitrogens is 1. The summed E-state index contributed by atoms with van der Waals surface area (Å²) in [4.78, 5) is 6.73. The SMILES string of the molecule is Cc1ccc(Oc2ccc(N3C(=S)N[C@H](c4ccccn4)[C@H]3c3ccc(-c4ccc(C)cc4Br)o3)cc2)cc1. The van der Waals surface area contributed by atoms with Crippen LogP contribution in [0.5, 0.6) is 11.5 Å². The Labute approximate surface area is 241 Å². The molecule has 7 heteroatoms. The third kappa shape index (κ3) is 5.20. The molecule has 0 unspecified atom stereocenters. The zero-order chi connectivity index (χ0) is 26.9. The predicted molar refractivity (Wildman–Crippen MR) is 162 cm³/mol. The Bertz CT molecular complexity index is 1620. The van der Waals surface area contributed by atoms with E-state index >= 15 is 0 Å². The van der Waals surface area contributed by atoms with Crippen LogP contribution in [0.4, 0.5) is 5.69 Å². The fourth-order valence-corrected chi connectivity index (χ4v) is 5.85. The van der Waals surface area contributed by atoms with Gasteiger partial charge in [0.25, 0.3) is 0 Å². The molecule has 0 aliphatic carbocycles. The Hall–Kier alpha value is -3.94. The summed E-state index contributed by atoms with van der Waals surface area (Å²) in [5.74, 6) is 3.13. The van der Waals surface area contributed by atoms with Gasteiger partial charge in [-0.25, -0.2) is 0 Å². The van der Waals surface area contributed by atoms with E-state index in [9.17, 15) is 0 Å². The van der Waals surface area contributed by atoms with Gasteiger partial charge in [0.1, 0.15) is 29.1 Å². The molecule has 1 saturated heterocycles. The van der Waals surface area contributed by atoms with Crippen LogP contribution in [0.2, 0.25) is 0 Å². The zero-order valence-corrected chi connectivity index (χ0v) is 23.9. The fraction of sp³-hybridized carbons (Fsp3) is 0.125. The summed E-state index contributed by atoms with van der Waals surface area (Å²) in [6.07, 6.45) is 1.80. The molecule has 1 fully saturated rings. The number of hydrogen-bond acceptors (Lipinski definition) is 4. The van der Waals surface area contributed by atoms with E-state index in [1.807, 2.05) is 78.9 Å². The number of halogens is 1. The second-order valence-corrected chi connectivity index (χ2v) is 10.8. The molecular weight excluding hydrogens is 570 g/mol. The number of anilines is 1. The molecular formula is C32H26BrN3O2S. The lowest BCUT2D eigenvalue weighted by molar-refractivity contribution is 0.439. The zero-order valence-electron chi connectivity index (χ0n) is 21.5. The number of benzene rings is 3. The van der Waals surface area contributed by atoms with Crippen molar-refractivity contribution in [2.24, 2.45) is 0 Å². The van der Waals surface area contributed by atoms with Crippen molar-refractivity contribution >= 4 is 38.9 Å². The van der Waals surface area contributed by atoms with Gasteiger partial charge in [0.15, 0.2) is 5.11 Å². The molecule has 1 aliphatic rings. The molecule has 3 heterocycles. The minimum Gasteiger partial charge on any atom is -0.459 e. The van der Waals surface area contributed by atoms with Gasteiger partial charge in [-0.1, -0.05) is 45.8 Å². The minimum absolute atomic E-state index is 0.192. The molecule has 39 heavy (non-hydrogen) atoms. The molecule has 0 saturated carbocycles. The third-order valence-electron chi connectivity index (χ3n) is 6.78. The molecule has 6 rings (SSSR count). The van der Waals surface area contributed by atoms with Gasteiger partial charge in [-0.15, -0.1) is 0 Å². The van der Waals surface area contributed by atoms with Gasteiger partial charge in [0, 0.05) is 21.9 Å². The molecule has 2 atom stereocenters. The number of rotatable bonds is 6. The van der Waals surface area contributed by atoms with E-state index in [1.165, 1.54) is 11.1 Å². The van der Waals surface area contributed by atoms with E-state index in [1.54, 1.807) is 6.20 Å². The summed E-state index contributed by atoms with van der Waals surface area (Å²) in [5.41, 5.74) is 5.19. The molecule has 2 aromatic heterocycles. The van der Waals surface area contributed by atoms with Crippen molar-refractivity contribution in [1.82, 2.24) is 10.3 Å². The highest BCUT2D eigenvalue weighted by Gasteiger charge is 2.42. The van der Waals surface area contributed by atoms with Crippen LogP contribution in [-0.2, 0) is 0 Å². The van der Waals surface area contributed by atoms with Gasteiger partial charge in [-0.05, 0) is 104 Å². The molecule has 194 valence electrons. The predicted octanol–water partition coefficient (Wildman–Crippen LogP) is 8.69. The molecule has 5 aromatic rings. The number of pyridine rings is 1. The monoisotopic (exact) mass is 595 g/mol. The lowest BCUT2D eigenvalue weighted by Crippen LogP contribution is -2.29. The van der Waals surface area contributed by atoms with Gasteiger partial charge >= 0.3 is 0 Å². The standard InChI is InChI=1S/C32H26BrN3O2S/c1-20-6-11-23(12-7-20)37-24-13-9-22(10-14-24)36-31(30(35-32(36)39)27-5-3-4-18-34-27)29-17-16-28(38-29)25-15-8-21(2)19-26(25)33/h3-19,30-31H,1-2H3,(H,35,39)/t30-,31-/m1/s1. The Balaban J connectivity index is 1.35. The minimum atomic E-state index is -0.241. The Kier molecular flexibility index (Phi) is 6.94. The number of ether oxygens (including phenoxy) is 1. The number of thiocarbonyl (C=S) groups is 1. The summed E-state index contributed by atoms with van der Waals surface area (Å²) in [6.45, 7) is 4.13. The molecule has 5 nitrogen and oxygen atoms in total. The van der Waals surface area contributed by atoms with E-state index in [4.69, 9.17) is 21.4 Å². The first-order valence-electron chi connectivity index (χ1n) is 12.7. The van der Waals surface area contributed by atoms with Gasteiger partial charge in [0.05, 0.1) is 11.7 Å². The van der Waals surface area contributed by atoms with Crippen molar-refractivity contribution in [3.63, 3.8) is 0 Å². The summed E-state index contributed by atoms with van der Waals surface area (Å²) in [7, 11) is 0. The van der Waals surface area contributed by atoms with Crippen molar-refractivity contribution in [2.75, 3.05) is 4.90 Å². The summed E-state index contributed by atoms with van der Waals surface area (Å²) < 4.78 is 13.6. The first-order valence-corrected chi connectivity index (χ1v) is 13.9. The Morgan fingerprint density at radius 1 is 0.872 bits per heavy atom. The summed E-state index contributed by atoms with van der Waals surface area (Å²) in [5, 5.41) is 4.10. The van der Waals surface area contributed by atoms with Crippen LogP contribution in [0.3, 0.4) is 0 Å². The largest absolute Gasteiger partial charge is 0.459 e. The molecule has 0 amide bonds. The number of furan rings is 1. The van der Waals surface area contributed by atoms with Crippen LogP contribution in [-0.4, -0.2) is 10.1 Å². The van der Waals surface area contributed by atoms with Crippen molar-refractivity contribution in [3.05, 3.63) is 130 Å². The topological polar surface area (TPSA) is 50.5 Å². The van der Waals surface area contributed by atoms with E-state index in [2.05, 4.69) is 63.2 Å². The van der Waals surface area contributed by atoms with Crippen LogP contribution in [0, 0.1) is 13.8 Å². The number of nitrogens with zero attached hydrogens (tertiary/aromatic N) is 2. The second-order valence-electron chi connectivity index (χ2n) is 9.59. The highest BCUT2D eigenvalue weighted by molar-refractivity contribution is 9.10. The Morgan fingerprint density at radius 2 is 1.59 bits per heavy atom. The maximum atomic E-state index is 6.51. The number of nitrogens with one attached hydrogen (secondary N) is 1. The lowest BCUT2D eigenvalue weighted by atomic mass is 10.0. The fourth-order valence-electron chi connectivity index (χ4n) is 4.82. The third-order valence-corrected chi connectivity index (χ3v) is 7.75. The summed E-state index contributed by atoms with van der Waals surface area (Å²) >= 11 is 9.56. The number of hydrogen-bond donors (Lipinski definition) is 1.